The summed E-state index contributed by atoms with van der Waals surface area (Å²) >= 11 is 0. The van der Waals surface area contributed by atoms with Gasteiger partial charge in [-0.15, -0.1) is 0 Å². The molecule has 3 heterocycles. The van der Waals surface area contributed by atoms with Gasteiger partial charge in [0, 0.05) is 31.9 Å². The second-order valence-electron chi connectivity index (χ2n) is 7.47. The monoisotopic (exact) mass is 375 g/mol. The number of nitrogens with zero attached hydrogens (tertiary/aromatic N) is 5. The van der Waals surface area contributed by atoms with Gasteiger partial charge in [0.05, 0.1) is 23.8 Å². The molecule has 3 aromatic rings. The molecule has 2 aromatic heterocycles. The number of likely N-dealkylation sites (tertiary alicyclic amines) is 1. The second kappa shape index (κ2) is 7.92. The van der Waals surface area contributed by atoms with Crippen LogP contribution in [0.5, 0.6) is 0 Å². The van der Waals surface area contributed by atoms with E-state index in [1.54, 1.807) is 6.20 Å². The summed E-state index contributed by atoms with van der Waals surface area (Å²) in [7, 11) is 1.99. The minimum atomic E-state index is 0.121. The van der Waals surface area contributed by atoms with E-state index in [-0.39, 0.29) is 5.91 Å². The van der Waals surface area contributed by atoms with Crippen LogP contribution in [-0.2, 0) is 13.5 Å². The highest BCUT2D eigenvalue weighted by molar-refractivity contribution is 5.94. The number of carbonyl (C=O) groups excluding carboxylic acids is 1. The van der Waals surface area contributed by atoms with E-state index in [0.29, 0.717) is 5.92 Å². The van der Waals surface area contributed by atoms with Crippen molar-refractivity contribution in [2.75, 3.05) is 13.1 Å². The van der Waals surface area contributed by atoms with E-state index in [4.69, 9.17) is 4.98 Å². The average Bonchev–Trinajstić information content (AvgIpc) is 3.07. The van der Waals surface area contributed by atoms with Gasteiger partial charge < -0.3 is 9.47 Å². The molecule has 144 valence electrons. The van der Waals surface area contributed by atoms with E-state index in [1.807, 2.05) is 66.2 Å². The van der Waals surface area contributed by atoms with E-state index in [1.165, 1.54) is 0 Å². The molecular weight excluding hydrogens is 350 g/mol. The maximum absolute atomic E-state index is 12.8. The molecule has 1 aromatic carbocycles. The van der Waals surface area contributed by atoms with Crippen LogP contribution in [0, 0.1) is 12.8 Å². The maximum Gasteiger partial charge on any atom is 0.253 e. The Bertz CT molecular complexity index is 966. The molecule has 1 atom stereocenters. The first-order valence-corrected chi connectivity index (χ1v) is 9.76. The largest absolute Gasteiger partial charge is 0.338 e. The van der Waals surface area contributed by atoms with Gasteiger partial charge in [0.1, 0.15) is 11.5 Å². The lowest BCUT2D eigenvalue weighted by Crippen LogP contribution is -2.40. The number of imidazole rings is 1. The Kier molecular flexibility index (Phi) is 5.19. The number of aromatic nitrogens is 4. The van der Waals surface area contributed by atoms with Crippen molar-refractivity contribution in [3.8, 4) is 11.4 Å². The number of aryl methyl sites for hydroxylation is 1. The first-order chi connectivity index (χ1) is 13.6. The number of hydrogen-bond acceptors (Lipinski definition) is 4. The molecule has 0 radical (unpaired) electrons. The molecule has 0 spiro atoms. The van der Waals surface area contributed by atoms with E-state index >= 15 is 0 Å². The number of benzene rings is 1. The first-order valence-electron chi connectivity index (χ1n) is 9.76. The molecule has 0 N–H and O–H groups in total. The third-order valence-electron chi connectivity index (χ3n) is 5.49. The fraction of sp³-hybridized carbons (Fsp3) is 0.364. The fourth-order valence-corrected chi connectivity index (χ4v) is 3.84. The average molecular weight is 375 g/mol. The summed E-state index contributed by atoms with van der Waals surface area (Å²) < 4.78 is 2.02. The topological polar surface area (TPSA) is 63.9 Å². The lowest BCUT2D eigenvalue weighted by Gasteiger charge is -2.32. The van der Waals surface area contributed by atoms with Crippen LogP contribution in [0.4, 0.5) is 0 Å². The van der Waals surface area contributed by atoms with Gasteiger partial charge in [-0.05, 0) is 44.2 Å². The summed E-state index contributed by atoms with van der Waals surface area (Å²) in [5, 5.41) is 0. The molecule has 4 rings (SSSR count). The molecule has 1 aliphatic rings. The third-order valence-corrected chi connectivity index (χ3v) is 5.49. The molecule has 0 aliphatic carbocycles. The standard InChI is InChI=1S/C22H25N5O/c1-16-24-14-21(26(16)2)20-13-23-12-19(25-20)11-17-7-6-10-27(15-17)22(28)18-8-4-3-5-9-18/h3-5,8-9,12-14,17H,6-7,10-11,15H2,1-2H3. The van der Waals surface area contributed by atoms with E-state index in [2.05, 4.69) is 9.97 Å². The van der Waals surface area contributed by atoms with Gasteiger partial charge >= 0.3 is 0 Å². The summed E-state index contributed by atoms with van der Waals surface area (Å²) in [4.78, 5) is 28.3. The Balaban J connectivity index is 1.46. The molecule has 1 aliphatic heterocycles. The zero-order valence-corrected chi connectivity index (χ0v) is 16.4. The summed E-state index contributed by atoms with van der Waals surface area (Å²) in [6, 6.07) is 9.53. The van der Waals surface area contributed by atoms with Crippen molar-refractivity contribution < 1.29 is 4.79 Å². The Morgan fingerprint density at radius 1 is 1.18 bits per heavy atom. The molecule has 6 nitrogen and oxygen atoms in total. The van der Waals surface area contributed by atoms with Crippen LogP contribution in [0.1, 0.15) is 34.7 Å². The van der Waals surface area contributed by atoms with Gasteiger partial charge in [-0.2, -0.15) is 0 Å². The van der Waals surface area contributed by atoms with Crippen LogP contribution in [0.25, 0.3) is 11.4 Å². The lowest BCUT2D eigenvalue weighted by molar-refractivity contribution is 0.0672. The van der Waals surface area contributed by atoms with Crippen LogP contribution >= 0.6 is 0 Å². The molecule has 0 saturated carbocycles. The molecule has 1 saturated heterocycles. The maximum atomic E-state index is 12.8. The van der Waals surface area contributed by atoms with Crippen molar-refractivity contribution in [2.45, 2.75) is 26.2 Å². The summed E-state index contributed by atoms with van der Waals surface area (Å²) in [6.45, 7) is 3.57. The van der Waals surface area contributed by atoms with Gasteiger partial charge in [0.25, 0.3) is 5.91 Å². The molecule has 0 bridgehead atoms. The number of piperidine rings is 1. The van der Waals surface area contributed by atoms with E-state index in [0.717, 1.165) is 60.8 Å². The van der Waals surface area contributed by atoms with Crippen LogP contribution in [-0.4, -0.2) is 43.4 Å². The van der Waals surface area contributed by atoms with Gasteiger partial charge in [-0.25, -0.2) is 9.97 Å². The predicted molar refractivity (Wildman–Crippen MR) is 108 cm³/mol. The normalized spacial score (nSPS) is 16.9. The van der Waals surface area contributed by atoms with Crippen LogP contribution < -0.4 is 0 Å². The van der Waals surface area contributed by atoms with Crippen molar-refractivity contribution in [1.82, 2.24) is 24.4 Å². The molecular formula is C22H25N5O. The summed E-state index contributed by atoms with van der Waals surface area (Å²) in [5.74, 6) is 1.47. The minimum Gasteiger partial charge on any atom is -0.338 e. The molecule has 6 heteroatoms. The predicted octanol–water partition coefficient (Wildman–Crippen LogP) is 3.28. The van der Waals surface area contributed by atoms with Crippen molar-refractivity contribution >= 4 is 5.91 Å². The highest BCUT2D eigenvalue weighted by Crippen LogP contribution is 2.23. The quantitative estimate of drug-likeness (QED) is 0.702. The van der Waals surface area contributed by atoms with Gasteiger partial charge in [0.2, 0.25) is 0 Å². The van der Waals surface area contributed by atoms with E-state index < -0.39 is 0 Å². The van der Waals surface area contributed by atoms with Crippen molar-refractivity contribution in [1.29, 1.82) is 0 Å². The number of carbonyl (C=O) groups is 1. The number of rotatable bonds is 4. The summed E-state index contributed by atoms with van der Waals surface area (Å²) in [6.07, 6.45) is 8.42. The number of hydrogen-bond donors (Lipinski definition) is 0. The van der Waals surface area contributed by atoms with Crippen molar-refractivity contribution in [3.05, 3.63) is 66.0 Å². The highest BCUT2D eigenvalue weighted by Gasteiger charge is 2.25. The first kappa shape index (κ1) is 18.3. The molecule has 1 unspecified atom stereocenters. The fourth-order valence-electron chi connectivity index (χ4n) is 3.84. The Morgan fingerprint density at radius 2 is 2.00 bits per heavy atom. The molecule has 28 heavy (non-hydrogen) atoms. The van der Waals surface area contributed by atoms with Gasteiger partial charge in [0.15, 0.2) is 0 Å². The van der Waals surface area contributed by atoms with Crippen molar-refractivity contribution in [3.63, 3.8) is 0 Å². The summed E-state index contributed by atoms with van der Waals surface area (Å²) in [5.41, 5.74) is 3.54. The third kappa shape index (κ3) is 3.81. The van der Waals surface area contributed by atoms with Gasteiger partial charge in [-0.3, -0.25) is 9.78 Å². The number of amides is 1. The zero-order chi connectivity index (χ0) is 19.5. The Hall–Kier alpha value is -3.02. The van der Waals surface area contributed by atoms with Crippen LogP contribution in [0.2, 0.25) is 0 Å². The van der Waals surface area contributed by atoms with Gasteiger partial charge in [-0.1, -0.05) is 18.2 Å². The lowest BCUT2D eigenvalue weighted by atomic mass is 9.93. The van der Waals surface area contributed by atoms with Crippen molar-refractivity contribution in [2.24, 2.45) is 13.0 Å². The highest BCUT2D eigenvalue weighted by atomic mass is 16.2. The van der Waals surface area contributed by atoms with E-state index in [9.17, 15) is 4.79 Å². The Labute approximate surface area is 165 Å². The minimum absolute atomic E-state index is 0.121. The zero-order valence-electron chi connectivity index (χ0n) is 16.4. The second-order valence-corrected chi connectivity index (χ2v) is 7.47. The SMILES string of the molecule is Cc1ncc(-c2cncc(CC3CCCN(C(=O)c4ccccc4)C3)n2)n1C. The smallest absolute Gasteiger partial charge is 0.253 e. The Morgan fingerprint density at radius 3 is 2.75 bits per heavy atom. The molecule has 1 fully saturated rings. The molecule has 1 amide bonds. The van der Waals surface area contributed by atoms with Crippen LogP contribution in [0.3, 0.4) is 0 Å². The van der Waals surface area contributed by atoms with Crippen LogP contribution in [0.15, 0.2) is 48.9 Å².